The van der Waals surface area contributed by atoms with Crippen LogP contribution in [0.3, 0.4) is 0 Å². The number of nitrogens with zero attached hydrogens (tertiary/aromatic N) is 1. The molecule has 0 aromatic heterocycles. The number of rotatable bonds is 1. The third-order valence-electron chi connectivity index (χ3n) is 2.97. The van der Waals surface area contributed by atoms with Gasteiger partial charge in [-0.15, -0.1) is 0 Å². The van der Waals surface area contributed by atoms with Crippen molar-refractivity contribution in [3.8, 4) is 17.2 Å². The third kappa shape index (κ3) is 1.91. The van der Waals surface area contributed by atoms with Gasteiger partial charge in [0.1, 0.15) is 17.2 Å². The Bertz CT molecular complexity index is 372. The highest BCUT2D eigenvalue weighted by molar-refractivity contribution is 5.50. The van der Waals surface area contributed by atoms with Crippen molar-refractivity contribution in [3.05, 3.63) is 17.7 Å². The number of benzene rings is 1. The molecule has 5 nitrogen and oxygen atoms in total. The molecule has 0 aliphatic carbocycles. The van der Waals surface area contributed by atoms with Crippen molar-refractivity contribution in [1.29, 1.82) is 0 Å². The predicted octanol–water partition coefficient (Wildman–Crippen LogP) is 0.379. The molecule has 1 unspecified atom stereocenters. The smallest absolute Gasteiger partial charge is 0.127 e. The van der Waals surface area contributed by atoms with E-state index in [2.05, 4.69) is 10.2 Å². The molecule has 1 fully saturated rings. The molecule has 1 aromatic carbocycles. The molecule has 1 heterocycles. The largest absolute Gasteiger partial charge is 0.508 e. The Balaban J connectivity index is 2.38. The van der Waals surface area contributed by atoms with Crippen molar-refractivity contribution >= 4 is 0 Å². The predicted molar refractivity (Wildman–Crippen MR) is 59.7 cm³/mol. The monoisotopic (exact) mass is 224 g/mol. The highest BCUT2D eigenvalue weighted by atomic mass is 16.3. The van der Waals surface area contributed by atoms with E-state index < -0.39 is 0 Å². The van der Waals surface area contributed by atoms with E-state index in [1.54, 1.807) is 0 Å². The van der Waals surface area contributed by atoms with Gasteiger partial charge in [-0.2, -0.15) is 0 Å². The van der Waals surface area contributed by atoms with Gasteiger partial charge in [-0.3, -0.25) is 4.90 Å². The first-order valence-corrected chi connectivity index (χ1v) is 5.25. The Labute approximate surface area is 93.9 Å². The quantitative estimate of drug-likeness (QED) is 0.555. The minimum Gasteiger partial charge on any atom is -0.508 e. The normalized spacial score (nSPS) is 22.2. The van der Waals surface area contributed by atoms with Crippen molar-refractivity contribution in [2.75, 3.05) is 26.7 Å². The van der Waals surface area contributed by atoms with Crippen LogP contribution in [0.25, 0.3) is 0 Å². The van der Waals surface area contributed by atoms with Crippen LogP contribution in [-0.2, 0) is 0 Å². The average molecular weight is 224 g/mol. The second-order valence-corrected chi connectivity index (χ2v) is 4.10. The minimum atomic E-state index is -0.134. The zero-order chi connectivity index (χ0) is 11.7. The molecule has 5 heteroatoms. The van der Waals surface area contributed by atoms with Gasteiger partial charge in [-0.1, -0.05) is 0 Å². The molecule has 1 aliphatic heterocycles. The Morgan fingerprint density at radius 3 is 2.44 bits per heavy atom. The standard InChI is InChI=1S/C11H16N2O3/c1-13-3-2-12-6-8(13)11-9(15)4-7(14)5-10(11)16/h4-5,8,12,14-16H,2-3,6H2,1H3. The second kappa shape index (κ2) is 4.19. The van der Waals surface area contributed by atoms with Gasteiger partial charge in [0.05, 0.1) is 11.6 Å². The van der Waals surface area contributed by atoms with E-state index in [1.165, 1.54) is 12.1 Å². The van der Waals surface area contributed by atoms with Crippen LogP contribution in [0.1, 0.15) is 11.6 Å². The molecule has 16 heavy (non-hydrogen) atoms. The fraction of sp³-hybridized carbons (Fsp3) is 0.455. The molecule has 2 rings (SSSR count). The second-order valence-electron chi connectivity index (χ2n) is 4.10. The lowest BCUT2D eigenvalue weighted by Gasteiger charge is -2.33. The molecule has 0 radical (unpaired) electrons. The Morgan fingerprint density at radius 2 is 1.88 bits per heavy atom. The summed E-state index contributed by atoms with van der Waals surface area (Å²) in [7, 11) is 1.94. The molecule has 4 N–H and O–H groups in total. The average Bonchev–Trinajstić information content (AvgIpc) is 2.19. The highest BCUT2D eigenvalue weighted by Crippen LogP contribution is 2.38. The first-order chi connectivity index (χ1) is 7.59. The summed E-state index contributed by atoms with van der Waals surface area (Å²) in [6.07, 6.45) is 0. The number of aromatic hydroxyl groups is 3. The molecular formula is C11H16N2O3. The van der Waals surface area contributed by atoms with Gasteiger partial charge < -0.3 is 20.6 Å². The molecule has 1 aliphatic rings. The molecule has 1 aromatic rings. The summed E-state index contributed by atoms with van der Waals surface area (Å²) in [5.74, 6) is -0.277. The van der Waals surface area contributed by atoms with Crippen molar-refractivity contribution in [2.24, 2.45) is 0 Å². The number of piperazine rings is 1. The summed E-state index contributed by atoms with van der Waals surface area (Å²) in [5, 5.41) is 32.0. The van der Waals surface area contributed by atoms with Gasteiger partial charge in [0.25, 0.3) is 0 Å². The number of likely N-dealkylation sites (N-methyl/N-ethyl adjacent to an activating group) is 1. The van der Waals surface area contributed by atoms with Crippen molar-refractivity contribution < 1.29 is 15.3 Å². The first-order valence-electron chi connectivity index (χ1n) is 5.25. The lowest BCUT2D eigenvalue weighted by molar-refractivity contribution is 0.194. The zero-order valence-corrected chi connectivity index (χ0v) is 9.14. The van der Waals surface area contributed by atoms with Gasteiger partial charge in [-0.05, 0) is 7.05 Å². The SMILES string of the molecule is CN1CCNCC1c1c(O)cc(O)cc1O. The zero-order valence-electron chi connectivity index (χ0n) is 9.14. The highest BCUT2D eigenvalue weighted by Gasteiger charge is 2.26. The van der Waals surface area contributed by atoms with Gasteiger partial charge in [-0.25, -0.2) is 0 Å². The summed E-state index contributed by atoms with van der Waals surface area (Å²) in [4.78, 5) is 2.06. The molecule has 0 spiro atoms. The molecule has 0 bridgehead atoms. The molecule has 0 saturated carbocycles. The number of phenols is 3. The number of phenolic OH excluding ortho intramolecular Hbond substituents is 3. The topological polar surface area (TPSA) is 76.0 Å². The van der Waals surface area contributed by atoms with E-state index in [-0.39, 0.29) is 23.3 Å². The third-order valence-corrected chi connectivity index (χ3v) is 2.97. The Hall–Kier alpha value is -1.46. The van der Waals surface area contributed by atoms with E-state index in [0.717, 1.165) is 13.1 Å². The molecular weight excluding hydrogens is 208 g/mol. The summed E-state index contributed by atoms with van der Waals surface area (Å²) in [6, 6.07) is 2.42. The molecule has 1 atom stereocenters. The van der Waals surface area contributed by atoms with Crippen LogP contribution >= 0.6 is 0 Å². The van der Waals surface area contributed by atoms with Crippen molar-refractivity contribution in [2.45, 2.75) is 6.04 Å². The maximum atomic E-state index is 9.77. The first kappa shape index (κ1) is 11.0. The van der Waals surface area contributed by atoms with Crippen LogP contribution in [0.4, 0.5) is 0 Å². The van der Waals surface area contributed by atoms with Crippen molar-refractivity contribution in [3.63, 3.8) is 0 Å². The van der Waals surface area contributed by atoms with E-state index >= 15 is 0 Å². The summed E-state index contributed by atoms with van der Waals surface area (Å²) < 4.78 is 0. The number of hydrogen-bond acceptors (Lipinski definition) is 5. The lowest BCUT2D eigenvalue weighted by atomic mass is 10.0. The van der Waals surface area contributed by atoms with E-state index in [0.29, 0.717) is 12.1 Å². The molecule has 1 saturated heterocycles. The minimum absolute atomic E-state index is 0.0712. The van der Waals surface area contributed by atoms with Gasteiger partial charge in [0, 0.05) is 31.8 Å². The number of hydrogen-bond donors (Lipinski definition) is 4. The Kier molecular flexibility index (Phi) is 2.89. The lowest BCUT2D eigenvalue weighted by Crippen LogP contribution is -2.43. The van der Waals surface area contributed by atoms with Crippen LogP contribution in [-0.4, -0.2) is 46.9 Å². The van der Waals surface area contributed by atoms with E-state index in [9.17, 15) is 15.3 Å². The maximum absolute atomic E-state index is 9.77. The summed E-state index contributed by atoms with van der Waals surface area (Å²) in [5.41, 5.74) is 0.465. The molecule has 0 amide bonds. The van der Waals surface area contributed by atoms with Gasteiger partial charge >= 0.3 is 0 Å². The summed E-state index contributed by atoms with van der Waals surface area (Å²) >= 11 is 0. The van der Waals surface area contributed by atoms with Crippen molar-refractivity contribution in [1.82, 2.24) is 10.2 Å². The maximum Gasteiger partial charge on any atom is 0.127 e. The fourth-order valence-electron chi connectivity index (χ4n) is 2.08. The Morgan fingerprint density at radius 1 is 1.25 bits per heavy atom. The van der Waals surface area contributed by atoms with Crippen LogP contribution in [0.2, 0.25) is 0 Å². The van der Waals surface area contributed by atoms with Gasteiger partial charge in [0.2, 0.25) is 0 Å². The van der Waals surface area contributed by atoms with Crippen LogP contribution in [0.15, 0.2) is 12.1 Å². The molecule has 88 valence electrons. The van der Waals surface area contributed by atoms with Crippen LogP contribution in [0.5, 0.6) is 17.2 Å². The number of nitrogens with one attached hydrogen (secondary N) is 1. The van der Waals surface area contributed by atoms with Gasteiger partial charge in [0.15, 0.2) is 0 Å². The van der Waals surface area contributed by atoms with E-state index in [4.69, 9.17) is 0 Å². The van der Waals surface area contributed by atoms with Crippen LogP contribution < -0.4 is 5.32 Å². The van der Waals surface area contributed by atoms with Crippen LogP contribution in [0, 0.1) is 0 Å². The van der Waals surface area contributed by atoms with E-state index in [1.807, 2.05) is 7.05 Å². The summed E-state index contributed by atoms with van der Waals surface area (Å²) in [6.45, 7) is 2.42. The fourth-order valence-corrected chi connectivity index (χ4v) is 2.08.